The minimum absolute atomic E-state index is 0.221. The second-order valence-corrected chi connectivity index (χ2v) is 3.26. The first-order chi connectivity index (χ1) is 6.66. The topological polar surface area (TPSA) is 78.0 Å². The maximum absolute atomic E-state index is 10.3. The predicted molar refractivity (Wildman–Crippen MR) is 53.1 cm³/mol. The Morgan fingerprint density at radius 3 is 3.00 bits per heavy atom. The van der Waals surface area contributed by atoms with Gasteiger partial charge in [0.25, 0.3) is 0 Å². The van der Waals surface area contributed by atoms with E-state index in [1.54, 1.807) is 0 Å². The Morgan fingerprint density at radius 2 is 2.36 bits per heavy atom. The molecule has 0 saturated carbocycles. The smallest absolute Gasteiger partial charge is 0.411 e. The summed E-state index contributed by atoms with van der Waals surface area (Å²) in [5.74, 6) is 0.221. The van der Waals surface area contributed by atoms with Crippen LogP contribution >= 0.6 is 0 Å². The van der Waals surface area contributed by atoms with Gasteiger partial charge in [0, 0.05) is 0 Å². The number of aromatic nitrogens is 2. The number of nitrogens with zero attached hydrogens (tertiary/aromatic N) is 1. The summed E-state index contributed by atoms with van der Waals surface area (Å²) in [6, 6.07) is 5.50. The molecule has 0 aliphatic carbocycles. The number of amides is 1. The molecular formula is C8H6N3O2Si. The molecule has 0 fully saturated rings. The molecule has 0 saturated heterocycles. The molecule has 1 amide bonds. The molecule has 3 N–H and O–H groups in total. The molecular weight excluding hydrogens is 198 g/mol. The van der Waals surface area contributed by atoms with Crippen molar-refractivity contribution in [3.8, 4) is 0 Å². The first-order valence-electron chi connectivity index (χ1n) is 3.87. The van der Waals surface area contributed by atoms with E-state index in [0.29, 0.717) is 5.52 Å². The molecule has 0 unspecified atom stereocenters. The van der Waals surface area contributed by atoms with Crippen LogP contribution in [0.25, 0.3) is 11.0 Å². The van der Waals surface area contributed by atoms with E-state index in [2.05, 4.69) is 25.5 Å². The number of hydrogen-bond acceptors (Lipinski definition) is 2. The highest BCUT2D eigenvalue weighted by Gasteiger charge is 2.05. The largest absolute Gasteiger partial charge is 0.465 e. The van der Waals surface area contributed by atoms with Gasteiger partial charge in [0.05, 0.1) is 21.3 Å². The lowest BCUT2D eigenvalue weighted by atomic mass is 10.3. The Bertz CT molecular complexity index is 494. The van der Waals surface area contributed by atoms with E-state index < -0.39 is 6.09 Å². The van der Waals surface area contributed by atoms with Crippen LogP contribution in [-0.2, 0) is 0 Å². The van der Waals surface area contributed by atoms with Gasteiger partial charge >= 0.3 is 6.09 Å². The van der Waals surface area contributed by atoms with Gasteiger partial charge in [-0.1, -0.05) is 12.1 Å². The maximum Gasteiger partial charge on any atom is 0.411 e. The van der Waals surface area contributed by atoms with Gasteiger partial charge in [0.15, 0.2) is 0 Å². The SMILES string of the molecule is O=C(O)Nc1nc2c([Si])cccc2[nH]1. The normalized spacial score (nSPS) is 10.4. The zero-order valence-corrected chi connectivity index (χ0v) is 8.03. The van der Waals surface area contributed by atoms with E-state index in [-0.39, 0.29) is 5.95 Å². The van der Waals surface area contributed by atoms with Gasteiger partial charge < -0.3 is 10.1 Å². The highest BCUT2D eigenvalue weighted by Crippen LogP contribution is 2.10. The van der Waals surface area contributed by atoms with Crippen LogP contribution in [0.1, 0.15) is 0 Å². The number of carbonyl (C=O) groups is 1. The third-order valence-electron chi connectivity index (χ3n) is 1.74. The predicted octanol–water partition coefficient (Wildman–Crippen LogP) is 0.447. The van der Waals surface area contributed by atoms with Crippen molar-refractivity contribution in [2.75, 3.05) is 5.32 Å². The van der Waals surface area contributed by atoms with Gasteiger partial charge in [-0.15, -0.1) is 0 Å². The lowest BCUT2D eigenvalue weighted by molar-refractivity contribution is 0.209. The fourth-order valence-electron chi connectivity index (χ4n) is 1.19. The van der Waals surface area contributed by atoms with Gasteiger partial charge in [-0.25, -0.2) is 9.78 Å². The van der Waals surface area contributed by atoms with Crippen molar-refractivity contribution in [2.45, 2.75) is 0 Å². The molecule has 69 valence electrons. The number of anilines is 1. The number of para-hydroxylation sites is 1. The average molecular weight is 204 g/mol. The van der Waals surface area contributed by atoms with Crippen LogP contribution in [0.2, 0.25) is 0 Å². The number of fused-ring (bicyclic) bond motifs is 1. The number of H-pyrrole nitrogens is 1. The minimum atomic E-state index is -1.14. The van der Waals surface area contributed by atoms with Gasteiger partial charge in [0.1, 0.15) is 0 Å². The molecule has 0 bridgehead atoms. The molecule has 5 nitrogen and oxygen atoms in total. The molecule has 2 aromatic rings. The van der Waals surface area contributed by atoms with Crippen molar-refractivity contribution in [2.24, 2.45) is 0 Å². The summed E-state index contributed by atoms with van der Waals surface area (Å²) < 4.78 is 0. The summed E-state index contributed by atoms with van der Waals surface area (Å²) >= 11 is 0. The summed E-state index contributed by atoms with van der Waals surface area (Å²) in [4.78, 5) is 17.2. The zero-order valence-electron chi connectivity index (χ0n) is 7.03. The molecule has 0 aliphatic rings. The lowest BCUT2D eigenvalue weighted by Crippen LogP contribution is -2.08. The molecule has 3 radical (unpaired) electrons. The second kappa shape index (κ2) is 3.15. The number of aromatic amines is 1. The van der Waals surface area contributed by atoms with Crippen LogP contribution in [-0.4, -0.2) is 31.4 Å². The monoisotopic (exact) mass is 204 g/mol. The van der Waals surface area contributed by atoms with E-state index in [0.717, 1.165) is 10.7 Å². The first kappa shape index (κ1) is 8.76. The molecule has 0 spiro atoms. The fraction of sp³-hybridized carbons (Fsp3) is 0. The van der Waals surface area contributed by atoms with Crippen molar-refractivity contribution >= 4 is 38.5 Å². The molecule has 1 heterocycles. The molecule has 1 aromatic heterocycles. The van der Waals surface area contributed by atoms with E-state index in [1.807, 2.05) is 18.2 Å². The Balaban J connectivity index is 2.51. The van der Waals surface area contributed by atoms with Crippen molar-refractivity contribution in [3.63, 3.8) is 0 Å². The third kappa shape index (κ3) is 1.47. The molecule has 6 heteroatoms. The van der Waals surface area contributed by atoms with Crippen LogP contribution in [0.4, 0.5) is 10.7 Å². The van der Waals surface area contributed by atoms with Gasteiger partial charge in [-0.3, -0.25) is 5.32 Å². The summed E-state index contributed by atoms with van der Waals surface area (Å²) in [7, 11) is 3.37. The van der Waals surface area contributed by atoms with Gasteiger partial charge in [0.2, 0.25) is 5.95 Å². The van der Waals surface area contributed by atoms with Crippen LogP contribution in [0.5, 0.6) is 0 Å². The molecule has 1 aromatic carbocycles. The highest BCUT2D eigenvalue weighted by atomic mass is 28.1. The Morgan fingerprint density at radius 1 is 1.57 bits per heavy atom. The van der Waals surface area contributed by atoms with Gasteiger partial charge in [-0.05, 0) is 11.3 Å². The zero-order chi connectivity index (χ0) is 10.1. The molecule has 0 atom stereocenters. The third-order valence-corrected chi connectivity index (χ3v) is 2.14. The van der Waals surface area contributed by atoms with Gasteiger partial charge in [-0.2, -0.15) is 0 Å². The van der Waals surface area contributed by atoms with E-state index >= 15 is 0 Å². The number of carboxylic acid groups (broad SMARTS) is 1. The number of benzene rings is 1. The lowest BCUT2D eigenvalue weighted by Gasteiger charge is -1.91. The van der Waals surface area contributed by atoms with E-state index in [4.69, 9.17) is 5.11 Å². The number of hydrogen-bond donors (Lipinski definition) is 3. The standard InChI is InChI=1S/C8H6N3O2Si/c12-8(13)11-7-9-4-2-1-3-5(14)6(4)10-7/h1-3H,(H,12,13)(H2,9,10,11). The number of rotatable bonds is 1. The van der Waals surface area contributed by atoms with E-state index in [1.165, 1.54) is 0 Å². The Hall–Kier alpha value is -1.82. The molecule has 2 rings (SSSR count). The molecule has 0 aliphatic heterocycles. The Kier molecular flexibility index (Phi) is 1.97. The quantitative estimate of drug-likeness (QED) is 0.590. The van der Waals surface area contributed by atoms with Crippen LogP contribution in [0.3, 0.4) is 0 Å². The van der Waals surface area contributed by atoms with Crippen LogP contribution in [0, 0.1) is 0 Å². The maximum atomic E-state index is 10.3. The molecule has 14 heavy (non-hydrogen) atoms. The number of imidazole rings is 1. The van der Waals surface area contributed by atoms with E-state index in [9.17, 15) is 4.79 Å². The Labute approximate surface area is 82.6 Å². The number of nitrogens with one attached hydrogen (secondary N) is 2. The van der Waals surface area contributed by atoms with Crippen LogP contribution < -0.4 is 10.5 Å². The van der Waals surface area contributed by atoms with Crippen molar-refractivity contribution in [3.05, 3.63) is 18.2 Å². The summed E-state index contributed by atoms with van der Waals surface area (Å²) in [5.41, 5.74) is 1.48. The first-order valence-corrected chi connectivity index (χ1v) is 4.37. The second-order valence-electron chi connectivity index (χ2n) is 2.72. The summed E-state index contributed by atoms with van der Waals surface area (Å²) in [5, 5.41) is 11.4. The minimum Gasteiger partial charge on any atom is -0.465 e. The summed E-state index contributed by atoms with van der Waals surface area (Å²) in [6.07, 6.45) is -1.14. The average Bonchev–Trinajstić information content (AvgIpc) is 2.47. The van der Waals surface area contributed by atoms with Crippen molar-refractivity contribution < 1.29 is 9.90 Å². The fourth-order valence-corrected chi connectivity index (χ4v) is 1.48. The highest BCUT2D eigenvalue weighted by molar-refractivity contribution is 6.38. The van der Waals surface area contributed by atoms with Crippen LogP contribution in [0.15, 0.2) is 18.2 Å². The van der Waals surface area contributed by atoms with Crippen molar-refractivity contribution in [1.82, 2.24) is 9.97 Å². The van der Waals surface area contributed by atoms with Crippen molar-refractivity contribution in [1.29, 1.82) is 0 Å². The summed E-state index contributed by atoms with van der Waals surface area (Å²) in [6.45, 7) is 0.